The molecule has 0 amide bonds. The second kappa shape index (κ2) is 7.00. The van der Waals surface area contributed by atoms with Gasteiger partial charge in [0.1, 0.15) is 0 Å². The predicted molar refractivity (Wildman–Crippen MR) is 83.2 cm³/mol. The van der Waals surface area contributed by atoms with Crippen molar-refractivity contribution in [1.29, 1.82) is 0 Å². The number of Topliss-reactive ketones (excluding diaryl/α,β-unsaturated/α-hetero) is 1. The van der Waals surface area contributed by atoms with Crippen molar-refractivity contribution in [1.82, 2.24) is 10.2 Å². The molecule has 1 aromatic carbocycles. The molecule has 0 saturated carbocycles. The first-order valence-corrected chi connectivity index (χ1v) is 7.66. The minimum absolute atomic E-state index is 0.0203. The number of piperazine rings is 1. The molecule has 1 aliphatic heterocycles. The minimum Gasteiger partial charge on any atom is -0.314 e. The van der Waals surface area contributed by atoms with Crippen molar-refractivity contribution < 1.29 is 4.79 Å². The predicted octanol–water partition coefficient (Wildman–Crippen LogP) is 2.36. The summed E-state index contributed by atoms with van der Waals surface area (Å²) in [7, 11) is 0. The Balaban J connectivity index is 2.00. The molecule has 0 bridgehead atoms. The van der Waals surface area contributed by atoms with Gasteiger partial charge < -0.3 is 5.32 Å². The summed E-state index contributed by atoms with van der Waals surface area (Å²) in [4.78, 5) is 14.8. The lowest BCUT2D eigenvalue weighted by atomic mass is 9.98. The van der Waals surface area contributed by atoms with Crippen LogP contribution in [0.2, 0.25) is 0 Å². The molecule has 1 N–H and O–H groups in total. The van der Waals surface area contributed by atoms with E-state index in [9.17, 15) is 4.79 Å². The van der Waals surface area contributed by atoms with E-state index in [-0.39, 0.29) is 11.8 Å². The molecule has 3 nitrogen and oxygen atoms in total. The van der Waals surface area contributed by atoms with Gasteiger partial charge in [-0.1, -0.05) is 38.1 Å². The third-order valence-electron chi connectivity index (χ3n) is 3.96. The topological polar surface area (TPSA) is 32.3 Å². The summed E-state index contributed by atoms with van der Waals surface area (Å²) in [5, 5.41) is 3.32. The van der Waals surface area contributed by atoms with E-state index in [0.717, 1.165) is 38.2 Å². The first kappa shape index (κ1) is 15.2. The summed E-state index contributed by atoms with van der Waals surface area (Å²) in [5.74, 6) is 0.888. The summed E-state index contributed by atoms with van der Waals surface area (Å²) in [6, 6.07) is 8.14. The summed E-state index contributed by atoms with van der Waals surface area (Å²) < 4.78 is 0. The molecular formula is C17H26N2O. The molecular weight excluding hydrogens is 248 g/mol. The molecule has 20 heavy (non-hydrogen) atoms. The van der Waals surface area contributed by atoms with Crippen molar-refractivity contribution in [2.24, 2.45) is 5.92 Å². The van der Waals surface area contributed by atoms with E-state index >= 15 is 0 Å². The van der Waals surface area contributed by atoms with Crippen LogP contribution in [0.3, 0.4) is 0 Å². The molecule has 0 aromatic heterocycles. The number of rotatable bonds is 5. The van der Waals surface area contributed by atoms with Crippen molar-refractivity contribution in [3.8, 4) is 0 Å². The normalized spacial score (nSPS) is 18.2. The number of nitrogens with zero attached hydrogens (tertiary/aromatic N) is 1. The van der Waals surface area contributed by atoms with Crippen molar-refractivity contribution >= 4 is 5.78 Å². The van der Waals surface area contributed by atoms with Gasteiger partial charge in [-0.3, -0.25) is 9.69 Å². The molecule has 1 aliphatic rings. The quantitative estimate of drug-likeness (QED) is 0.837. The summed E-state index contributed by atoms with van der Waals surface area (Å²) >= 11 is 0. The van der Waals surface area contributed by atoms with E-state index in [1.165, 1.54) is 5.56 Å². The number of hydrogen-bond donors (Lipinski definition) is 1. The Morgan fingerprint density at radius 3 is 2.30 bits per heavy atom. The maximum Gasteiger partial charge on any atom is 0.179 e. The SMILES string of the molecule is CC(C)Cc1ccc(C(=O)C(C)N2CCNCC2)cc1. The third kappa shape index (κ3) is 3.90. The zero-order valence-corrected chi connectivity index (χ0v) is 12.9. The van der Waals surface area contributed by atoms with E-state index in [1.54, 1.807) is 0 Å². The van der Waals surface area contributed by atoms with Crippen LogP contribution in [0.1, 0.15) is 36.7 Å². The van der Waals surface area contributed by atoms with E-state index in [0.29, 0.717) is 5.92 Å². The average molecular weight is 274 g/mol. The third-order valence-corrected chi connectivity index (χ3v) is 3.96. The summed E-state index contributed by atoms with van der Waals surface area (Å²) in [6.07, 6.45) is 1.07. The number of benzene rings is 1. The van der Waals surface area contributed by atoms with E-state index < -0.39 is 0 Å². The van der Waals surface area contributed by atoms with Crippen molar-refractivity contribution in [2.45, 2.75) is 33.2 Å². The van der Waals surface area contributed by atoms with Gasteiger partial charge in [-0.2, -0.15) is 0 Å². The molecule has 1 saturated heterocycles. The van der Waals surface area contributed by atoms with Gasteiger partial charge in [0, 0.05) is 31.7 Å². The molecule has 3 heteroatoms. The highest BCUT2D eigenvalue weighted by atomic mass is 16.1. The van der Waals surface area contributed by atoms with Gasteiger partial charge in [0.05, 0.1) is 6.04 Å². The number of carbonyl (C=O) groups excluding carboxylic acids is 1. The van der Waals surface area contributed by atoms with Crippen LogP contribution in [0.5, 0.6) is 0 Å². The monoisotopic (exact) mass is 274 g/mol. The highest BCUT2D eigenvalue weighted by Crippen LogP contribution is 2.13. The number of nitrogens with one attached hydrogen (secondary N) is 1. The largest absolute Gasteiger partial charge is 0.314 e. The molecule has 110 valence electrons. The highest BCUT2D eigenvalue weighted by molar-refractivity contribution is 5.99. The highest BCUT2D eigenvalue weighted by Gasteiger charge is 2.23. The Bertz CT molecular complexity index is 433. The van der Waals surface area contributed by atoms with Gasteiger partial charge >= 0.3 is 0 Å². The van der Waals surface area contributed by atoms with Gasteiger partial charge in [-0.25, -0.2) is 0 Å². The van der Waals surface area contributed by atoms with Gasteiger partial charge in [-0.05, 0) is 24.8 Å². The van der Waals surface area contributed by atoms with Crippen LogP contribution in [0.25, 0.3) is 0 Å². The van der Waals surface area contributed by atoms with Crippen molar-refractivity contribution in [3.05, 3.63) is 35.4 Å². The first-order valence-electron chi connectivity index (χ1n) is 7.66. The molecule has 0 aliphatic carbocycles. The zero-order chi connectivity index (χ0) is 14.5. The fraction of sp³-hybridized carbons (Fsp3) is 0.588. The first-order chi connectivity index (χ1) is 9.58. The number of hydrogen-bond acceptors (Lipinski definition) is 3. The molecule has 2 rings (SSSR count). The standard InChI is InChI=1S/C17H26N2O/c1-13(2)12-15-4-6-16(7-5-15)17(20)14(3)19-10-8-18-9-11-19/h4-7,13-14,18H,8-12H2,1-3H3. The molecule has 1 heterocycles. The van der Waals surface area contributed by atoms with Crippen molar-refractivity contribution in [2.75, 3.05) is 26.2 Å². The molecule has 1 unspecified atom stereocenters. The van der Waals surface area contributed by atoms with Crippen LogP contribution in [-0.2, 0) is 6.42 Å². The van der Waals surface area contributed by atoms with Gasteiger partial charge in [-0.15, -0.1) is 0 Å². The molecule has 0 radical (unpaired) electrons. The van der Waals surface area contributed by atoms with Crippen LogP contribution >= 0.6 is 0 Å². The summed E-state index contributed by atoms with van der Waals surface area (Å²) in [6.45, 7) is 10.3. The second-order valence-electron chi connectivity index (χ2n) is 6.12. The summed E-state index contributed by atoms with van der Waals surface area (Å²) in [5.41, 5.74) is 2.15. The van der Waals surface area contributed by atoms with Crippen molar-refractivity contribution in [3.63, 3.8) is 0 Å². The lowest BCUT2D eigenvalue weighted by molar-refractivity contribution is 0.0820. The lowest BCUT2D eigenvalue weighted by Crippen LogP contribution is -2.50. The van der Waals surface area contributed by atoms with Crippen LogP contribution < -0.4 is 5.32 Å². The Kier molecular flexibility index (Phi) is 5.32. The minimum atomic E-state index is -0.0203. The smallest absolute Gasteiger partial charge is 0.179 e. The van der Waals surface area contributed by atoms with Crippen LogP contribution in [-0.4, -0.2) is 42.9 Å². The second-order valence-corrected chi connectivity index (χ2v) is 6.12. The average Bonchev–Trinajstić information content (AvgIpc) is 2.47. The Hall–Kier alpha value is -1.19. The van der Waals surface area contributed by atoms with E-state index in [4.69, 9.17) is 0 Å². The number of ketones is 1. The fourth-order valence-corrected chi connectivity index (χ4v) is 2.75. The lowest BCUT2D eigenvalue weighted by Gasteiger charge is -2.31. The Morgan fingerprint density at radius 1 is 1.15 bits per heavy atom. The molecule has 1 fully saturated rings. The van der Waals surface area contributed by atoms with Gasteiger partial charge in [0.2, 0.25) is 0 Å². The van der Waals surface area contributed by atoms with E-state index in [1.807, 2.05) is 19.1 Å². The van der Waals surface area contributed by atoms with Crippen LogP contribution in [0, 0.1) is 5.92 Å². The van der Waals surface area contributed by atoms with Gasteiger partial charge in [0.15, 0.2) is 5.78 Å². The molecule has 1 aromatic rings. The maximum atomic E-state index is 12.5. The van der Waals surface area contributed by atoms with Gasteiger partial charge in [0.25, 0.3) is 0 Å². The van der Waals surface area contributed by atoms with E-state index in [2.05, 4.69) is 36.2 Å². The maximum absolute atomic E-state index is 12.5. The molecule has 0 spiro atoms. The van der Waals surface area contributed by atoms with Crippen LogP contribution in [0.15, 0.2) is 24.3 Å². The number of carbonyl (C=O) groups is 1. The Morgan fingerprint density at radius 2 is 1.75 bits per heavy atom. The molecule has 1 atom stereocenters. The Labute approximate surface area is 122 Å². The van der Waals surface area contributed by atoms with Crippen LogP contribution in [0.4, 0.5) is 0 Å². The fourth-order valence-electron chi connectivity index (χ4n) is 2.75. The zero-order valence-electron chi connectivity index (χ0n) is 12.9.